The average molecular weight is 295 g/mol. The van der Waals surface area contributed by atoms with Crippen molar-refractivity contribution in [2.24, 2.45) is 22.9 Å². The molecule has 1 aromatic carbocycles. The smallest absolute Gasteiger partial charge is 0.238 e. The van der Waals surface area contributed by atoms with Crippen molar-refractivity contribution >= 4 is 21.4 Å². The number of sulfonamides is 1. The van der Waals surface area contributed by atoms with Crippen molar-refractivity contribution in [3.05, 3.63) is 18.2 Å². The Kier molecular flexibility index (Phi) is 3.38. The van der Waals surface area contributed by atoms with E-state index in [0.29, 0.717) is 5.69 Å². The molecule has 0 spiro atoms. The van der Waals surface area contributed by atoms with E-state index in [1.165, 1.54) is 37.8 Å². The van der Waals surface area contributed by atoms with Crippen molar-refractivity contribution in [2.45, 2.75) is 30.6 Å². The second-order valence-corrected chi connectivity index (χ2v) is 7.58. The van der Waals surface area contributed by atoms with Gasteiger partial charge in [-0.2, -0.15) is 0 Å². The molecule has 0 amide bonds. The summed E-state index contributed by atoms with van der Waals surface area (Å²) in [6, 6.07) is 4.62. The van der Waals surface area contributed by atoms with Gasteiger partial charge in [0.15, 0.2) is 0 Å². The van der Waals surface area contributed by atoms with Crippen LogP contribution >= 0.6 is 0 Å². The van der Waals surface area contributed by atoms with Crippen LogP contribution in [0, 0.1) is 17.8 Å². The number of rotatable bonds is 6. The molecule has 2 aliphatic rings. The van der Waals surface area contributed by atoms with Gasteiger partial charge in [0, 0.05) is 6.54 Å². The molecule has 0 saturated heterocycles. The van der Waals surface area contributed by atoms with Crippen molar-refractivity contribution in [1.29, 1.82) is 0 Å². The number of benzene rings is 1. The first-order valence-corrected chi connectivity index (χ1v) is 8.66. The zero-order valence-corrected chi connectivity index (χ0v) is 12.2. The van der Waals surface area contributed by atoms with Gasteiger partial charge in [-0.15, -0.1) is 0 Å². The van der Waals surface area contributed by atoms with Crippen molar-refractivity contribution in [2.75, 3.05) is 17.6 Å². The second-order valence-electron chi connectivity index (χ2n) is 6.01. The Hall–Kier alpha value is -1.27. The van der Waals surface area contributed by atoms with Crippen LogP contribution in [0.3, 0.4) is 0 Å². The maximum absolute atomic E-state index is 11.3. The first kappa shape index (κ1) is 13.7. The Morgan fingerprint density at radius 3 is 2.25 bits per heavy atom. The summed E-state index contributed by atoms with van der Waals surface area (Å²) in [6.45, 7) is 0.925. The monoisotopic (exact) mass is 295 g/mol. The van der Waals surface area contributed by atoms with Crippen molar-refractivity contribution in [3.63, 3.8) is 0 Å². The van der Waals surface area contributed by atoms with E-state index in [9.17, 15) is 8.42 Å². The van der Waals surface area contributed by atoms with Crippen LogP contribution in [0.2, 0.25) is 0 Å². The first-order valence-electron chi connectivity index (χ1n) is 7.11. The molecule has 0 bridgehead atoms. The van der Waals surface area contributed by atoms with Gasteiger partial charge in [0.25, 0.3) is 0 Å². The molecule has 1 aromatic rings. The highest BCUT2D eigenvalue weighted by atomic mass is 32.2. The molecule has 0 heterocycles. The van der Waals surface area contributed by atoms with E-state index < -0.39 is 10.0 Å². The average Bonchev–Trinajstić information content (AvgIpc) is 3.24. The fourth-order valence-electron chi connectivity index (χ4n) is 2.87. The Bertz CT molecular complexity index is 595. The normalized spacial score (nSPS) is 19.3. The molecule has 5 N–H and O–H groups in total. The number of nitrogen functional groups attached to an aromatic ring is 1. The van der Waals surface area contributed by atoms with Gasteiger partial charge in [-0.1, -0.05) is 0 Å². The minimum atomic E-state index is -3.69. The summed E-state index contributed by atoms with van der Waals surface area (Å²) in [5.41, 5.74) is 7.13. The summed E-state index contributed by atoms with van der Waals surface area (Å²) in [6.07, 6.45) is 5.40. The molecule has 2 saturated carbocycles. The number of hydrogen-bond acceptors (Lipinski definition) is 4. The largest absolute Gasteiger partial charge is 0.397 e. The third-order valence-corrected chi connectivity index (χ3v) is 5.25. The zero-order valence-electron chi connectivity index (χ0n) is 11.4. The zero-order chi connectivity index (χ0) is 14.3. The van der Waals surface area contributed by atoms with E-state index in [0.717, 1.165) is 30.0 Å². The van der Waals surface area contributed by atoms with Gasteiger partial charge >= 0.3 is 0 Å². The fourth-order valence-corrected chi connectivity index (χ4v) is 3.42. The van der Waals surface area contributed by atoms with E-state index in [2.05, 4.69) is 5.32 Å². The number of nitrogens with one attached hydrogen (secondary N) is 1. The molecule has 6 heteroatoms. The molecule has 0 atom stereocenters. The summed E-state index contributed by atoms with van der Waals surface area (Å²) < 4.78 is 22.5. The standard InChI is InChI=1S/C14H21N3O2S/c15-13-7-11(20(16,18)19)5-6-14(13)17-8-12(9-1-2-9)10-3-4-10/h5-7,9-10,12,17H,1-4,8,15H2,(H2,16,18,19). The molecule has 20 heavy (non-hydrogen) atoms. The SMILES string of the molecule is Nc1cc(S(N)(=O)=O)ccc1NCC(C1CC1)C1CC1. The highest BCUT2D eigenvalue weighted by Gasteiger charge is 2.41. The highest BCUT2D eigenvalue weighted by Crippen LogP contribution is 2.49. The van der Waals surface area contributed by atoms with Crippen LogP contribution in [0.1, 0.15) is 25.7 Å². The van der Waals surface area contributed by atoms with Gasteiger partial charge in [-0.25, -0.2) is 13.6 Å². The molecule has 0 unspecified atom stereocenters. The summed E-state index contributed by atoms with van der Waals surface area (Å²) in [4.78, 5) is 0.0569. The highest BCUT2D eigenvalue weighted by molar-refractivity contribution is 7.89. The number of hydrogen-bond donors (Lipinski definition) is 3. The Labute approximate surface area is 119 Å². The Balaban J connectivity index is 1.68. The first-order chi connectivity index (χ1) is 9.45. The van der Waals surface area contributed by atoms with Crippen LogP contribution in [0.5, 0.6) is 0 Å². The van der Waals surface area contributed by atoms with Crippen LogP contribution < -0.4 is 16.2 Å². The summed E-state index contributed by atoms with van der Waals surface area (Å²) in [5, 5.41) is 8.46. The third-order valence-electron chi connectivity index (χ3n) is 4.33. The topological polar surface area (TPSA) is 98.2 Å². The molecule has 0 aliphatic heterocycles. The van der Waals surface area contributed by atoms with Gasteiger partial charge in [0.05, 0.1) is 16.3 Å². The summed E-state index contributed by atoms with van der Waals surface area (Å²) >= 11 is 0. The van der Waals surface area contributed by atoms with Gasteiger partial charge in [0.2, 0.25) is 10.0 Å². The summed E-state index contributed by atoms with van der Waals surface area (Å²) in [5.74, 6) is 2.49. The molecular formula is C14H21N3O2S. The van der Waals surface area contributed by atoms with Crippen molar-refractivity contribution < 1.29 is 8.42 Å². The van der Waals surface area contributed by atoms with Gasteiger partial charge in [-0.3, -0.25) is 0 Å². The molecule has 2 fully saturated rings. The lowest BCUT2D eigenvalue weighted by molar-refractivity contribution is 0.428. The Morgan fingerprint density at radius 2 is 1.80 bits per heavy atom. The lowest BCUT2D eigenvalue weighted by Crippen LogP contribution is -2.19. The van der Waals surface area contributed by atoms with Crippen molar-refractivity contribution in [3.8, 4) is 0 Å². The minimum Gasteiger partial charge on any atom is -0.397 e. The predicted octanol–water partition coefficient (Wildman–Crippen LogP) is 1.76. The van der Waals surface area contributed by atoms with E-state index in [1.54, 1.807) is 6.07 Å². The second kappa shape index (κ2) is 4.93. The number of primary sulfonamides is 1. The molecule has 0 radical (unpaired) electrons. The van der Waals surface area contributed by atoms with E-state index >= 15 is 0 Å². The lowest BCUT2D eigenvalue weighted by Gasteiger charge is -2.18. The molecular weight excluding hydrogens is 274 g/mol. The van der Waals surface area contributed by atoms with Crippen LogP contribution in [-0.2, 0) is 10.0 Å². The van der Waals surface area contributed by atoms with Crippen LogP contribution in [0.15, 0.2) is 23.1 Å². The number of anilines is 2. The molecule has 3 rings (SSSR count). The Morgan fingerprint density at radius 1 is 1.20 bits per heavy atom. The predicted molar refractivity (Wildman–Crippen MR) is 79.7 cm³/mol. The maximum atomic E-state index is 11.3. The quantitative estimate of drug-likeness (QED) is 0.696. The van der Waals surface area contributed by atoms with E-state index in [-0.39, 0.29) is 4.90 Å². The van der Waals surface area contributed by atoms with Gasteiger partial charge < -0.3 is 11.1 Å². The lowest BCUT2D eigenvalue weighted by atomic mass is 9.98. The molecule has 110 valence electrons. The van der Waals surface area contributed by atoms with Crippen LogP contribution in [0.25, 0.3) is 0 Å². The summed E-state index contributed by atoms with van der Waals surface area (Å²) in [7, 11) is -3.69. The molecule has 5 nitrogen and oxygen atoms in total. The van der Waals surface area contributed by atoms with Gasteiger partial charge in [0.1, 0.15) is 0 Å². The maximum Gasteiger partial charge on any atom is 0.238 e. The van der Waals surface area contributed by atoms with E-state index in [4.69, 9.17) is 10.9 Å². The third kappa shape index (κ3) is 3.07. The molecule has 0 aromatic heterocycles. The molecule has 2 aliphatic carbocycles. The fraction of sp³-hybridized carbons (Fsp3) is 0.571. The van der Waals surface area contributed by atoms with Crippen molar-refractivity contribution in [1.82, 2.24) is 0 Å². The van der Waals surface area contributed by atoms with E-state index in [1.807, 2.05) is 0 Å². The van der Waals surface area contributed by atoms with Crippen LogP contribution in [-0.4, -0.2) is 15.0 Å². The number of nitrogens with two attached hydrogens (primary N) is 2. The van der Waals surface area contributed by atoms with Crippen LogP contribution in [0.4, 0.5) is 11.4 Å². The minimum absolute atomic E-state index is 0.0569. The van der Waals surface area contributed by atoms with Gasteiger partial charge in [-0.05, 0) is 61.6 Å².